The first kappa shape index (κ1) is 18.6. The molecule has 3 amide bonds. The minimum Gasteiger partial charge on any atom is -0.321 e. The van der Waals surface area contributed by atoms with Crippen LogP contribution in [0.15, 0.2) is 78.9 Å². The molecule has 5 heteroatoms. The van der Waals surface area contributed by atoms with E-state index in [-0.39, 0.29) is 37.1 Å². The van der Waals surface area contributed by atoms with E-state index in [4.69, 9.17) is 0 Å². The van der Waals surface area contributed by atoms with E-state index in [0.717, 1.165) is 22.4 Å². The third kappa shape index (κ3) is 4.09. The van der Waals surface area contributed by atoms with E-state index in [9.17, 15) is 14.4 Å². The number of carbonyl (C=O) groups excluding carboxylic acids is 3. The molecule has 3 aromatic carbocycles. The fraction of sp³-hybridized carbons (Fsp3) is 0.125. The Morgan fingerprint density at radius 1 is 0.793 bits per heavy atom. The number of para-hydroxylation sites is 1. The number of benzene rings is 3. The SMILES string of the molecule is O=C(Nc1ccccc1-c1ccccc1)c1ccc(CN2C(=O)CCC2=O)cc1. The van der Waals surface area contributed by atoms with E-state index in [2.05, 4.69) is 5.32 Å². The Kier molecular flexibility index (Phi) is 5.20. The number of carbonyl (C=O) groups is 3. The molecule has 0 atom stereocenters. The van der Waals surface area contributed by atoms with E-state index in [0.29, 0.717) is 5.56 Å². The number of nitrogens with zero attached hydrogens (tertiary/aromatic N) is 1. The minimum absolute atomic E-state index is 0.144. The Morgan fingerprint density at radius 3 is 2.10 bits per heavy atom. The van der Waals surface area contributed by atoms with Gasteiger partial charge in [-0.1, -0.05) is 60.7 Å². The monoisotopic (exact) mass is 384 g/mol. The van der Waals surface area contributed by atoms with Crippen molar-refractivity contribution >= 4 is 23.4 Å². The van der Waals surface area contributed by atoms with Crippen LogP contribution in [-0.4, -0.2) is 22.6 Å². The van der Waals surface area contributed by atoms with Crippen LogP contribution in [0.4, 0.5) is 5.69 Å². The van der Waals surface area contributed by atoms with Gasteiger partial charge in [0.2, 0.25) is 11.8 Å². The lowest BCUT2D eigenvalue weighted by molar-refractivity contribution is -0.139. The maximum Gasteiger partial charge on any atom is 0.255 e. The first-order valence-corrected chi connectivity index (χ1v) is 9.50. The summed E-state index contributed by atoms with van der Waals surface area (Å²) < 4.78 is 0. The van der Waals surface area contributed by atoms with Gasteiger partial charge < -0.3 is 5.32 Å². The van der Waals surface area contributed by atoms with Crippen molar-refractivity contribution in [2.75, 3.05) is 5.32 Å². The summed E-state index contributed by atoms with van der Waals surface area (Å²) in [6.07, 6.45) is 0.556. The number of amides is 3. The molecule has 0 bridgehead atoms. The van der Waals surface area contributed by atoms with Crippen molar-refractivity contribution in [2.24, 2.45) is 0 Å². The lowest BCUT2D eigenvalue weighted by Gasteiger charge is -2.14. The van der Waals surface area contributed by atoms with Gasteiger partial charge in [0.1, 0.15) is 0 Å². The normalized spacial score (nSPS) is 13.6. The molecule has 1 N–H and O–H groups in total. The second-order valence-corrected chi connectivity index (χ2v) is 6.94. The molecule has 0 aliphatic carbocycles. The van der Waals surface area contributed by atoms with Crippen LogP contribution in [0.2, 0.25) is 0 Å². The number of nitrogens with one attached hydrogen (secondary N) is 1. The van der Waals surface area contributed by atoms with Gasteiger partial charge in [0, 0.05) is 29.7 Å². The molecule has 4 rings (SSSR count). The highest BCUT2D eigenvalue weighted by Gasteiger charge is 2.28. The number of likely N-dealkylation sites (tertiary alicyclic amines) is 1. The second kappa shape index (κ2) is 8.10. The van der Waals surface area contributed by atoms with Crippen LogP contribution in [0.5, 0.6) is 0 Å². The quantitative estimate of drug-likeness (QED) is 0.669. The van der Waals surface area contributed by atoms with E-state index in [1.165, 1.54) is 4.90 Å². The summed E-state index contributed by atoms with van der Waals surface area (Å²) in [4.78, 5) is 37.5. The molecule has 1 fully saturated rings. The Bertz CT molecular complexity index is 1040. The summed E-state index contributed by atoms with van der Waals surface area (Å²) in [5, 5.41) is 2.97. The molecule has 1 saturated heterocycles. The minimum atomic E-state index is -0.215. The maximum atomic E-state index is 12.7. The molecule has 144 valence electrons. The molecular formula is C24H20N2O3. The van der Waals surface area contributed by atoms with Crippen LogP contribution in [-0.2, 0) is 16.1 Å². The molecule has 29 heavy (non-hydrogen) atoms. The average molecular weight is 384 g/mol. The van der Waals surface area contributed by atoms with E-state index in [1.54, 1.807) is 24.3 Å². The molecule has 0 radical (unpaired) electrons. The van der Waals surface area contributed by atoms with Gasteiger partial charge in [-0.2, -0.15) is 0 Å². The van der Waals surface area contributed by atoms with Crippen LogP contribution in [0, 0.1) is 0 Å². The van der Waals surface area contributed by atoms with Crippen molar-refractivity contribution < 1.29 is 14.4 Å². The molecule has 0 saturated carbocycles. The molecule has 3 aromatic rings. The molecule has 1 aliphatic heterocycles. The number of anilines is 1. The number of rotatable bonds is 5. The van der Waals surface area contributed by atoms with Crippen LogP contribution in [0.3, 0.4) is 0 Å². The Labute approximate surface area is 169 Å². The Balaban J connectivity index is 1.49. The number of imide groups is 1. The van der Waals surface area contributed by atoms with Gasteiger partial charge in [0.25, 0.3) is 5.91 Å². The van der Waals surface area contributed by atoms with E-state index in [1.807, 2.05) is 54.6 Å². The number of hydrogen-bond acceptors (Lipinski definition) is 3. The van der Waals surface area contributed by atoms with Gasteiger partial charge in [-0.05, 0) is 29.3 Å². The van der Waals surface area contributed by atoms with E-state index < -0.39 is 0 Å². The van der Waals surface area contributed by atoms with Crippen LogP contribution in [0.1, 0.15) is 28.8 Å². The van der Waals surface area contributed by atoms with Crippen molar-refractivity contribution in [1.82, 2.24) is 4.90 Å². The van der Waals surface area contributed by atoms with Crippen LogP contribution < -0.4 is 5.32 Å². The summed E-state index contributed by atoms with van der Waals surface area (Å²) in [6.45, 7) is 0.246. The highest BCUT2D eigenvalue weighted by molar-refractivity contribution is 6.06. The fourth-order valence-corrected chi connectivity index (χ4v) is 3.40. The van der Waals surface area contributed by atoms with Gasteiger partial charge in [-0.3, -0.25) is 19.3 Å². The highest BCUT2D eigenvalue weighted by Crippen LogP contribution is 2.28. The summed E-state index contributed by atoms with van der Waals surface area (Å²) >= 11 is 0. The molecule has 1 heterocycles. The first-order valence-electron chi connectivity index (χ1n) is 9.50. The zero-order valence-corrected chi connectivity index (χ0v) is 15.8. The first-order chi connectivity index (χ1) is 14.1. The zero-order valence-electron chi connectivity index (χ0n) is 15.8. The van der Waals surface area contributed by atoms with Crippen LogP contribution in [0.25, 0.3) is 11.1 Å². The number of hydrogen-bond donors (Lipinski definition) is 1. The third-order valence-corrected chi connectivity index (χ3v) is 4.97. The topological polar surface area (TPSA) is 66.5 Å². The predicted molar refractivity (Wildman–Crippen MR) is 111 cm³/mol. The summed E-state index contributed by atoms with van der Waals surface area (Å²) in [5.74, 6) is -0.503. The van der Waals surface area contributed by atoms with Crippen molar-refractivity contribution in [3.05, 3.63) is 90.0 Å². The Morgan fingerprint density at radius 2 is 1.41 bits per heavy atom. The van der Waals surface area contributed by atoms with Crippen molar-refractivity contribution in [2.45, 2.75) is 19.4 Å². The van der Waals surface area contributed by atoms with Crippen LogP contribution >= 0.6 is 0 Å². The van der Waals surface area contributed by atoms with Gasteiger partial charge in [0.05, 0.1) is 6.54 Å². The van der Waals surface area contributed by atoms with E-state index >= 15 is 0 Å². The lowest BCUT2D eigenvalue weighted by Crippen LogP contribution is -2.28. The predicted octanol–water partition coefficient (Wildman–Crippen LogP) is 4.25. The van der Waals surface area contributed by atoms with Gasteiger partial charge >= 0.3 is 0 Å². The standard InChI is InChI=1S/C24H20N2O3/c27-22-14-15-23(28)26(22)16-17-10-12-19(13-11-17)24(29)25-21-9-5-4-8-20(21)18-6-2-1-3-7-18/h1-13H,14-16H2,(H,25,29). The van der Waals surface area contributed by atoms with Crippen molar-refractivity contribution in [1.29, 1.82) is 0 Å². The molecular weight excluding hydrogens is 364 g/mol. The van der Waals surface area contributed by atoms with Gasteiger partial charge in [-0.25, -0.2) is 0 Å². The largest absolute Gasteiger partial charge is 0.321 e. The third-order valence-electron chi connectivity index (χ3n) is 4.97. The van der Waals surface area contributed by atoms with Gasteiger partial charge in [0.15, 0.2) is 0 Å². The van der Waals surface area contributed by atoms with Crippen molar-refractivity contribution in [3.63, 3.8) is 0 Å². The summed E-state index contributed by atoms with van der Waals surface area (Å²) in [5.41, 5.74) is 4.04. The molecule has 0 aromatic heterocycles. The molecule has 1 aliphatic rings. The summed E-state index contributed by atoms with van der Waals surface area (Å²) in [6, 6.07) is 24.5. The molecule has 5 nitrogen and oxygen atoms in total. The average Bonchev–Trinajstić information content (AvgIpc) is 3.07. The van der Waals surface area contributed by atoms with Crippen molar-refractivity contribution in [3.8, 4) is 11.1 Å². The smallest absolute Gasteiger partial charge is 0.255 e. The zero-order chi connectivity index (χ0) is 20.2. The summed E-state index contributed by atoms with van der Waals surface area (Å²) in [7, 11) is 0. The lowest BCUT2D eigenvalue weighted by atomic mass is 10.0. The maximum absolute atomic E-state index is 12.7. The Hall–Kier alpha value is -3.73. The molecule has 0 spiro atoms. The van der Waals surface area contributed by atoms with Gasteiger partial charge in [-0.15, -0.1) is 0 Å². The molecule has 0 unspecified atom stereocenters. The second-order valence-electron chi connectivity index (χ2n) is 6.94. The highest BCUT2D eigenvalue weighted by atomic mass is 16.2. The fourth-order valence-electron chi connectivity index (χ4n) is 3.40.